The van der Waals surface area contributed by atoms with Gasteiger partial charge < -0.3 is 36.4 Å². The van der Waals surface area contributed by atoms with Crippen LogP contribution in [0.25, 0.3) is 0 Å². The highest BCUT2D eigenvalue weighted by molar-refractivity contribution is 5.03. The summed E-state index contributed by atoms with van der Waals surface area (Å²) in [5.41, 5.74) is 10.3. The van der Waals surface area contributed by atoms with Crippen LogP contribution in [0.15, 0.2) is 0 Å². The maximum atomic E-state index is 8.25. The van der Waals surface area contributed by atoms with Crippen LogP contribution in [0.5, 0.6) is 0 Å². The quantitative estimate of drug-likeness (QED) is 0.310. The smallest absolute Gasteiger partial charge is 0.356 e. The average Bonchev–Trinajstić information content (AvgIpc) is 2.31. The molecule has 7 N–H and O–H groups in total. The van der Waals surface area contributed by atoms with Crippen molar-refractivity contribution in [3.05, 3.63) is 30.6 Å². The summed E-state index contributed by atoms with van der Waals surface area (Å²) in [6.45, 7) is 0. The zero-order valence-electron chi connectivity index (χ0n) is 7.00. The number of nitrogens with zero attached hydrogens (tertiary/aromatic N) is 2. The third-order valence-electron chi connectivity index (χ3n) is 0.601. The molecule has 0 saturated heterocycles. The van der Waals surface area contributed by atoms with E-state index >= 15 is 0 Å². The van der Waals surface area contributed by atoms with Crippen LogP contribution >= 0.6 is 0 Å². The average molecular weight is 225 g/mol. The van der Waals surface area contributed by atoms with E-state index in [0.717, 1.165) is 0 Å². The van der Waals surface area contributed by atoms with E-state index in [1.165, 1.54) is 0 Å². The topological polar surface area (TPSA) is 229 Å². The lowest BCUT2D eigenvalue weighted by atomic mass is 11.0. The van der Waals surface area contributed by atoms with Gasteiger partial charge in [-0.1, -0.05) is 5.10 Å². The lowest BCUT2D eigenvalue weighted by Gasteiger charge is -1.74. The first-order valence-corrected chi connectivity index (χ1v) is 2.92. The Morgan fingerprint density at radius 1 is 1.07 bits per heavy atom. The molecule has 0 atom stereocenters. The molecule has 1 aromatic heterocycles. The fourth-order valence-corrected chi connectivity index (χ4v) is 0.342. The van der Waals surface area contributed by atoms with Crippen molar-refractivity contribution < 1.29 is 20.3 Å². The summed E-state index contributed by atoms with van der Waals surface area (Å²) in [5.74, 6) is 0.856. The Labute approximate surface area is 80.5 Å². The van der Waals surface area contributed by atoms with Crippen LogP contribution in [-0.2, 0) is 0 Å². The number of aromatic amines is 3. The van der Waals surface area contributed by atoms with Crippen LogP contribution in [0, 0.1) is 30.6 Å². The van der Waals surface area contributed by atoms with Gasteiger partial charge in [0.2, 0.25) is 0 Å². The van der Waals surface area contributed by atoms with Gasteiger partial charge in [-0.05, 0) is 0 Å². The molecule has 0 aliphatic rings. The van der Waals surface area contributed by atoms with Crippen molar-refractivity contribution in [2.45, 2.75) is 0 Å². The molecule has 13 nitrogen and oxygen atoms in total. The number of rotatable bonds is 0. The number of nitrogens with one attached hydrogen (secondary N) is 3. The Bertz CT molecular complexity index is 272. The van der Waals surface area contributed by atoms with Gasteiger partial charge in [-0.3, -0.25) is 0 Å². The molecule has 0 aromatic carbocycles. The minimum atomic E-state index is -1.75. The lowest BCUT2D eigenvalue weighted by Crippen LogP contribution is -2.15. The lowest BCUT2D eigenvalue weighted by molar-refractivity contribution is -0.487. The van der Waals surface area contributed by atoms with E-state index in [4.69, 9.17) is 42.1 Å². The minimum absolute atomic E-state index is 0.428. The van der Waals surface area contributed by atoms with Crippen LogP contribution in [-0.4, -0.2) is 15.3 Å². The third-order valence-corrected chi connectivity index (χ3v) is 0.601. The normalized spacial score (nSPS) is 7.47. The second-order valence-electron chi connectivity index (χ2n) is 1.65. The molecule has 0 unspecified atom stereocenters. The van der Waals surface area contributed by atoms with Gasteiger partial charge in [0.15, 0.2) is 0 Å². The summed E-state index contributed by atoms with van der Waals surface area (Å²) in [5, 5.41) is 34.6. The molecular formula is C2H7N7O6. The SMILES string of the molecule is Nc1[nH][nH+]c(N)[nH+]1.O=[N+]([O-])[O-].O=[N+]([O-])[O-]. The van der Waals surface area contributed by atoms with Gasteiger partial charge in [0, 0.05) is 0 Å². The number of nitrogens with two attached hydrogens (primary N) is 2. The minimum Gasteiger partial charge on any atom is -0.356 e. The van der Waals surface area contributed by atoms with Crippen molar-refractivity contribution in [3.63, 3.8) is 0 Å². The predicted octanol–water partition coefficient (Wildman–Crippen LogP) is -2.67. The Morgan fingerprint density at radius 3 is 1.47 bits per heavy atom. The fourth-order valence-electron chi connectivity index (χ4n) is 0.342. The first kappa shape index (κ1) is 14.7. The first-order valence-electron chi connectivity index (χ1n) is 2.92. The van der Waals surface area contributed by atoms with Gasteiger partial charge in [0.1, 0.15) is 0 Å². The highest BCUT2D eigenvalue weighted by Crippen LogP contribution is 1.72. The monoisotopic (exact) mass is 225 g/mol. The van der Waals surface area contributed by atoms with Gasteiger partial charge in [-0.25, -0.2) is 5.73 Å². The summed E-state index contributed by atoms with van der Waals surface area (Å²) in [4.78, 5) is 19.1. The molecule has 0 bridgehead atoms. The molecule has 86 valence electrons. The molecule has 1 heterocycles. The number of H-pyrrole nitrogens is 3. The maximum absolute atomic E-state index is 8.25. The van der Waals surface area contributed by atoms with E-state index in [1.54, 1.807) is 0 Å². The fraction of sp³-hybridized carbons (Fsp3) is 0. The molecule has 15 heavy (non-hydrogen) atoms. The Hall–Kier alpha value is -2.86. The van der Waals surface area contributed by atoms with E-state index in [-0.39, 0.29) is 0 Å². The van der Waals surface area contributed by atoms with Crippen molar-refractivity contribution >= 4 is 11.9 Å². The van der Waals surface area contributed by atoms with Crippen LogP contribution < -0.4 is 21.5 Å². The summed E-state index contributed by atoms with van der Waals surface area (Å²) in [7, 11) is 0. The standard InChI is InChI=1S/C2H5N5.2NO3/c3-1-5-2(4)7-6-1;2*2-1(3)4/h(H5,3,4,5,6,7);;/q;2*-1/p+2. The van der Waals surface area contributed by atoms with Crippen molar-refractivity contribution in [1.29, 1.82) is 0 Å². The predicted molar refractivity (Wildman–Crippen MR) is 43.5 cm³/mol. The van der Waals surface area contributed by atoms with Crippen molar-refractivity contribution in [3.8, 4) is 0 Å². The second-order valence-corrected chi connectivity index (χ2v) is 1.65. The van der Waals surface area contributed by atoms with Gasteiger partial charge in [-0.15, -0.1) is 10.1 Å². The van der Waals surface area contributed by atoms with Gasteiger partial charge in [-0.2, -0.15) is 0 Å². The molecule has 0 saturated carbocycles. The number of anilines is 2. The Morgan fingerprint density at radius 2 is 1.40 bits per heavy atom. The molecule has 1 rings (SSSR count). The van der Waals surface area contributed by atoms with Gasteiger partial charge >= 0.3 is 11.9 Å². The second kappa shape index (κ2) is 7.77. The van der Waals surface area contributed by atoms with Crippen molar-refractivity contribution in [2.24, 2.45) is 0 Å². The third kappa shape index (κ3) is 24.7. The molecule has 0 spiro atoms. The van der Waals surface area contributed by atoms with Gasteiger partial charge in [0.25, 0.3) is 0 Å². The molecule has 0 radical (unpaired) electrons. The number of hydrogen-bond acceptors (Lipinski definition) is 8. The number of nitrogen functional groups attached to an aromatic ring is 2. The Balaban J connectivity index is 0. The van der Waals surface area contributed by atoms with Crippen LogP contribution in [0.2, 0.25) is 0 Å². The zero-order valence-corrected chi connectivity index (χ0v) is 7.00. The number of hydrogen-bond donors (Lipinski definition) is 3. The largest absolute Gasteiger partial charge is 0.542 e. The van der Waals surface area contributed by atoms with Crippen molar-refractivity contribution in [1.82, 2.24) is 5.10 Å². The highest BCUT2D eigenvalue weighted by Gasteiger charge is 2.02. The zero-order chi connectivity index (χ0) is 12.4. The highest BCUT2D eigenvalue weighted by atomic mass is 16.9. The molecule has 13 heteroatoms. The summed E-state index contributed by atoms with van der Waals surface area (Å²) in [6, 6.07) is 0. The molecule has 0 fully saturated rings. The van der Waals surface area contributed by atoms with E-state index in [1.807, 2.05) is 0 Å². The molecule has 0 amide bonds. The van der Waals surface area contributed by atoms with Crippen LogP contribution in [0.3, 0.4) is 0 Å². The van der Waals surface area contributed by atoms with Crippen LogP contribution in [0.1, 0.15) is 0 Å². The maximum Gasteiger partial charge on any atom is 0.542 e. The van der Waals surface area contributed by atoms with E-state index in [0.29, 0.717) is 11.9 Å². The molecule has 0 aliphatic heterocycles. The summed E-state index contributed by atoms with van der Waals surface area (Å²) >= 11 is 0. The van der Waals surface area contributed by atoms with Crippen molar-refractivity contribution in [2.75, 3.05) is 11.5 Å². The van der Waals surface area contributed by atoms with Gasteiger partial charge in [0.05, 0.1) is 10.2 Å². The molecule has 0 aliphatic carbocycles. The van der Waals surface area contributed by atoms with E-state index in [2.05, 4.69) is 15.2 Å². The molecular weight excluding hydrogens is 218 g/mol. The van der Waals surface area contributed by atoms with Crippen LogP contribution in [0.4, 0.5) is 11.9 Å². The van der Waals surface area contributed by atoms with E-state index in [9.17, 15) is 0 Å². The van der Waals surface area contributed by atoms with E-state index < -0.39 is 10.2 Å². The number of aromatic nitrogens is 3. The Kier molecular flexibility index (Phi) is 7.59. The summed E-state index contributed by atoms with van der Waals surface area (Å²) < 4.78 is 0. The first-order chi connectivity index (χ1) is 6.75. The molecule has 1 aromatic rings. The summed E-state index contributed by atoms with van der Waals surface area (Å²) in [6.07, 6.45) is 0.